The Balaban J connectivity index is 2.28. The summed E-state index contributed by atoms with van der Waals surface area (Å²) in [5.74, 6) is 0.760. The Morgan fingerprint density at radius 2 is 2.06 bits per heavy atom. The van der Waals surface area contributed by atoms with Crippen molar-refractivity contribution in [2.75, 3.05) is 0 Å². The van der Waals surface area contributed by atoms with E-state index in [0.717, 1.165) is 10.0 Å². The van der Waals surface area contributed by atoms with Crippen molar-refractivity contribution in [2.45, 2.75) is 19.4 Å². The van der Waals surface area contributed by atoms with Gasteiger partial charge in [0.2, 0.25) is 5.82 Å². The fourth-order valence-corrected chi connectivity index (χ4v) is 1.53. The lowest BCUT2D eigenvalue weighted by atomic mass is 10.2. The van der Waals surface area contributed by atoms with E-state index in [4.69, 9.17) is 4.52 Å². The highest BCUT2D eigenvalue weighted by atomic mass is 79.9. The van der Waals surface area contributed by atoms with Gasteiger partial charge >= 0.3 is 0 Å². The van der Waals surface area contributed by atoms with Crippen molar-refractivity contribution in [3.05, 3.63) is 34.6 Å². The molecule has 16 heavy (non-hydrogen) atoms. The fourth-order valence-electron chi connectivity index (χ4n) is 1.26. The highest BCUT2D eigenvalue weighted by molar-refractivity contribution is 9.10. The number of hydrogen-bond acceptors (Lipinski definition) is 4. The molecule has 0 saturated carbocycles. The molecule has 1 aromatic heterocycles. The van der Waals surface area contributed by atoms with Crippen LogP contribution in [0.1, 0.15) is 25.3 Å². The van der Waals surface area contributed by atoms with Crippen molar-refractivity contribution >= 4 is 15.9 Å². The molecule has 0 radical (unpaired) electrons. The van der Waals surface area contributed by atoms with Crippen LogP contribution in [0.3, 0.4) is 0 Å². The van der Waals surface area contributed by atoms with E-state index in [1.807, 2.05) is 31.2 Å². The molecule has 0 amide bonds. The highest BCUT2D eigenvalue weighted by Gasteiger charge is 2.14. The number of rotatable bonds is 3. The molecular weight excluding hydrogens is 272 g/mol. The summed E-state index contributed by atoms with van der Waals surface area (Å²) < 4.78 is 6.07. The highest BCUT2D eigenvalue weighted by Crippen LogP contribution is 2.22. The Morgan fingerprint density at radius 3 is 2.69 bits per heavy atom. The molecule has 0 saturated heterocycles. The van der Waals surface area contributed by atoms with Gasteiger partial charge in [0, 0.05) is 10.0 Å². The van der Waals surface area contributed by atoms with Crippen LogP contribution in [0.15, 0.2) is 33.3 Å². The second-order valence-corrected chi connectivity index (χ2v) is 4.30. The third kappa shape index (κ3) is 2.31. The van der Waals surface area contributed by atoms with Gasteiger partial charge in [0.05, 0.1) is 0 Å². The van der Waals surface area contributed by atoms with Gasteiger partial charge in [0.15, 0.2) is 0 Å². The second-order valence-electron chi connectivity index (χ2n) is 3.39. The maximum absolute atomic E-state index is 9.54. The molecule has 2 aromatic rings. The molecule has 5 heteroatoms. The van der Waals surface area contributed by atoms with Gasteiger partial charge in [-0.25, -0.2) is 0 Å². The first-order valence-electron chi connectivity index (χ1n) is 4.98. The molecule has 0 aliphatic heterocycles. The largest absolute Gasteiger partial charge is 0.385 e. The van der Waals surface area contributed by atoms with Crippen LogP contribution in [-0.4, -0.2) is 15.2 Å². The van der Waals surface area contributed by atoms with Crippen molar-refractivity contribution in [2.24, 2.45) is 0 Å². The third-order valence-electron chi connectivity index (χ3n) is 2.22. The predicted octanol–water partition coefficient (Wildman–Crippen LogP) is 2.94. The van der Waals surface area contributed by atoms with Crippen LogP contribution in [0.4, 0.5) is 0 Å². The molecule has 84 valence electrons. The fraction of sp³-hybridized carbons (Fsp3) is 0.273. The normalized spacial score (nSPS) is 12.7. The number of aliphatic hydroxyl groups excluding tert-OH is 1. The molecule has 1 aromatic carbocycles. The standard InChI is InChI=1S/C11H11BrN2O2/c1-2-9(15)10-13-11(16-14-10)7-3-5-8(12)6-4-7/h3-6,9,15H,2H2,1H3. The van der Waals surface area contributed by atoms with Crippen LogP contribution in [0.5, 0.6) is 0 Å². The first-order valence-corrected chi connectivity index (χ1v) is 5.77. The van der Waals surface area contributed by atoms with E-state index in [0.29, 0.717) is 18.1 Å². The summed E-state index contributed by atoms with van der Waals surface area (Å²) >= 11 is 3.35. The number of benzene rings is 1. The zero-order valence-electron chi connectivity index (χ0n) is 8.72. The summed E-state index contributed by atoms with van der Waals surface area (Å²) in [6.07, 6.45) is -0.0905. The minimum Gasteiger partial charge on any atom is -0.385 e. The number of aliphatic hydroxyl groups is 1. The molecular formula is C11H11BrN2O2. The zero-order chi connectivity index (χ0) is 11.5. The Labute approximate surface area is 101 Å². The number of halogens is 1. The van der Waals surface area contributed by atoms with Gasteiger partial charge in [0.25, 0.3) is 5.89 Å². The lowest BCUT2D eigenvalue weighted by molar-refractivity contribution is 0.159. The molecule has 1 heterocycles. The number of aromatic nitrogens is 2. The third-order valence-corrected chi connectivity index (χ3v) is 2.75. The number of hydrogen-bond donors (Lipinski definition) is 1. The van der Waals surface area contributed by atoms with Crippen molar-refractivity contribution in [1.82, 2.24) is 10.1 Å². The topological polar surface area (TPSA) is 59.2 Å². The van der Waals surface area contributed by atoms with Crippen molar-refractivity contribution < 1.29 is 9.63 Å². The van der Waals surface area contributed by atoms with Crippen molar-refractivity contribution in [1.29, 1.82) is 0 Å². The van der Waals surface area contributed by atoms with Crippen molar-refractivity contribution in [3.63, 3.8) is 0 Å². The smallest absolute Gasteiger partial charge is 0.258 e. The van der Waals surface area contributed by atoms with E-state index >= 15 is 0 Å². The number of nitrogens with zero attached hydrogens (tertiary/aromatic N) is 2. The summed E-state index contributed by atoms with van der Waals surface area (Å²) in [5.41, 5.74) is 0.838. The Morgan fingerprint density at radius 1 is 1.38 bits per heavy atom. The summed E-state index contributed by atoms with van der Waals surface area (Å²) in [5, 5.41) is 13.3. The molecule has 1 atom stereocenters. The second kappa shape index (κ2) is 4.76. The van der Waals surface area contributed by atoms with Crippen LogP contribution < -0.4 is 0 Å². The first-order chi connectivity index (χ1) is 7.70. The minimum absolute atomic E-state index is 0.334. The molecule has 1 N–H and O–H groups in total. The average Bonchev–Trinajstić information content (AvgIpc) is 2.78. The maximum atomic E-state index is 9.54. The molecule has 1 unspecified atom stereocenters. The molecule has 0 bridgehead atoms. The van der Waals surface area contributed by atoms with Crippen molar-refractivity contribution in [3.8, 4) is 11.5 Å². The quantitative estimate of drug-likeness (QED) is 0.940. The molecule has 2 rings (SSSR count). The van der Waals surface area contributed by atoms with E-state index < -0.39 is 6.10 Å². The van der Waals surface area contributed by atoms with E-state index in [2.05, 4.69) is 26.1 Å². The first kappa shape index (κ1) is 11.3. The Hall–Kier alpha value is -1.20. The zero-order valence-corrected chi connectivity index (χ0v) is 10.3. The SMILES string of the molecule is CCC(O)c1noc(-c2ccc(Br)cc2)n1. The summed E-state index contributed by atoms with van der Waals surface area (Å²) in [6, 6.07) is 7.55. The molecule has 0 fully saturated rings. The van der Waals surface area contributed by atoms with Gasteiger partial charge in [-0.1, -0.05) is 28.0 Å². The van der Waals surface area contributed by atoms with Crippen LogP contribution in [0.25, 0.3) is 11.5 Å². The van der Waals surface area contributed by atoms with Crippen LogP contribution in [0, 0.1) is 0 Å². The van der Waals surface area contributed by atoms with Gasteiger partial charge in [-0.3, -0.25) is 0 Å². The van der Waals surface area contributed by atoms with Crippen LogP contribution in [0.2, 0.25) is 0 Å². The lowest BCUT2D eigenvalue weighted by Gasteiger charge is -1.98. The predicted molar refractivity (Wildman–Crippen MR) is 62.7 cm³/mol. The Kier molecular flexibility index (Phi) is 3.36. The minimum atomic E-state index is -0.659. The van der Waals surface area contributed by atoms with E-state index in [1.165, 1.54) is 0 Å². The molecule has 0 aliphatic rings. The Bertz CT molecular complexity index is 467. The molecule has 0 aliphatic carbocycles. The average molecular weight is 283 g/mol. The molecule has 4 nitrogen and oxygen atoms in total. The van der Waals surface area contributed by atoms with Crippen LogP contribution >= 0.6 is 15.9 Å². The van der Waals surface area contributed by atoms with Crippen LogP contribution in [-0.2, 0) is 0 Å². The lowest BCUT2D eigenvalue weighted by Crippen LogP contribution is -1.97. The maximum Gasteiger partial charge on any atom is 0.258 e. The van der Waals surface area contributed by atoms with E-state index in [1.54, 1.807) is 0 Å². The molecule has 0 spiro atoms. The summed E-state index contributed by atoms with van der Waals surface area (Å²) in [6.45, 7) is 1.86. The van der Waals surface area contributed by atoms with E-state index in [-0.39, 0.29) is 0 Å². The van der Waals surface area contributed by atoms with Gasteiger partial charge in [-0.15, -0.1) is 0 Å². The van der Waals surface area contributed by atoms with Gasteiger partial charge in [0.1, 0.15) is 6.10 Å². The summed E-state index contributed by atoms with van der Waals surface area (Å²) in [7, 11) is 0. The van der Waals surface area contributed by atoms with Gasteiger partial charge in [-0.05, 0) is 30.7 Å². The van der Waals surface area contributed by atoms with Gasteiger partial charge < -0.3 is 9.63 Å². The van der Waals surface area contributed by atoms with E-state index in [9.17, 15) is 5.11 Å². The summed E-state index contributed by atoms with van der Waals surface area (Å²) in [4.78, 5) is 4.14. The monoisotopic (exact) mass is 282 g/mol. The van der Waals surface area contributed by atoms with Gasteiger partial charge in [-0.2, -0.15) is 4.98 Å².